The van der Waals surface area contributed by atoms with Crippen LogP contribution in [0.4, 0.5) is 11.5 Å². The van der Waals surface area contributed by atoms with Crippen molar-refractivity contribution >= 4 is 17.4 Å². The summed E-state index contributed by atoms with van der Waals surface area (Å²) < 4.78 is 1.36. The van der Waals surface area contributed by atoms with Crippen LogP contribution in [0.25, 0.3) is 0 Å². The number of nitrogens with two attached hydrogens (primary N) is 1. The number of aromatic amines is 1. The van der Waals surface area contributed by atoms with Crippen molar-refractivity contribution in [2.45, 2.75) is 59.4 Å². The second-order valence-corrected chi connectivity index (χ2v) is 9.81. The van der Waals surface area contributed by atoms with E-state index in [1.54, 1.807) is 0 Å². The van der Waals surface area contributed by atoms with Crippen molar-refractivity contribution in [3.63, 3.8) is 0 Å². The third-order valence-corrected chi connectivity index (χ3v) is 6.50. The quantitative estimate of drug-likeness (QED) is 0.557. The highest BCUT2D eigenvalue weighted by Crippen LogP contribution is 2.23. The summed E-state index contributed by atoms with van der Waals surface area (Å²) in [5, 5.41) is 0. The molecule has 186 valence electrons. The second-order valence-electron chi connectivity index (χ2n) is 9.81. The van der Waals surface area contributed by atoms with E-state index in [1.165, 1.54) is 15.0 Å². The van der Waals surface area contributed by atoms with Gasteiger partial charge in [-0.3, -0.25) is 24.0 Å². The molecule has 1 aromatic heterocycles. The third kappa shape index (κ3) is 6.59. The lowest BCUT2D eigenvalue weighted by molar-refractivity contribution is -0.120. The molecule has 1 aromatic carbocycles. The molecule has 3 rings (SSSR count). The maximum absolute atomic E-state index is 13.4. The maximum Gasteiger partial charge on any atom is 0.330 e. The first-order valence-electron chi connectivity index (χ1n) is 12.5. The molecule has 2 aromatic rings. The van der Waals surface area contributed by atoms with Crippen molar-refractivity contribution in [3.8, 4) is 0 Å². The van der Waals surface area contributed by atoms with Gasteiger partial charge in [-0.15, -0.1) is 0 Å². The number of unbranched alkanes of at least 4 members (excludes halogenated alkanes) is 1. The van der Waals surface area contributed by atoms with Crippen molar-refractivity contribution in [1.29, 1.82) is 0 Å². The standard InChI is InChI=1S/C26H39N5O3/c1-4-5-13-30(23-24(27)31(17-19(2)3)26(34)28-25(23)33)22(32)18-29-14-11-21(12-15-29)16-20-9-7-6-8-10-20/h6-10,19,21H,4-5,11-18,27H2,1-3H3,(H,28,33,34). The first-order chi connectivity index (χ1) is 16.3. The summed E-state index contributed by atoms with van der Waals surface area (Å²) in [6, 6.07) is 10.5. The maximum atomic E-state index is 13.4. The molecule has 0 aliphatic carbocycles. The molecule has 8 heteroatoms. The average molecular weight is 470 g/mol. The summed E-state index contributed by atoms with van der Waals surface area (Å²) in [6.45, 7) is 8.69. The van der Waals surface area contributed by atoms with Crippen LogP contribution in [0.3, 0.4) is 0 Å². The van der Waals surface area contributed by atoms with Crippen molar-refractivity contribution in [3.05, 3.63) is 56.7 Å². The number of nitrogen functional groups attached to an aromatic ring is 1. The first kappa shape index (κ1) is 25.7. The normalized spacial score (nSPS) is 15.1. The molecule has 1 aliphatic heterocycles. The molecule has 0 saturated carbocycles. The molecule has 8 nitrogen and oxygen atoms in total. The molecule has 0 bridgehead atoms. The average Bonchev–Trinajstić information content (AvgIpc) is 2.80. The highest BCUT2D eigenvalue weighted by Gasteiger charge is 2.27. The van der Waals surface area contributed by atoms with Crippen LogP contribution < -0.4 is 21.9 Å². The number of amides is 1. The minimum absolute atomic E-state index is 0.0634. The van der Waals surface area contributed by atoms with E-state index in [9.17, 15) is 14.4 Å². The lowest BCUT2D eigenvalue weighted by Gasteiger charge is -2.33. The number of carbonyl (C=O) groups is 1. The number of benzene rings is 1. The number of carbonyl (C=O) groups excluding carboxylic acids is 1. The van der Waals surface area contributed by atoms with Crippen molar-refractivity contribution in [1.82, 2.24) is 14.5 Å². The number of hydrogen-bond donors (Lipinski definition) is 2. The van der Waals surface area contributed by atoms with E-state index in [2.05, 4.69) is 34.1 Å². The largest absolute Gasteiger partial charge is 0.383 e. The minimum Gasteiger partial charge on any atom is -0.383 e. The fraction of sp³-hybridized carbons (Fsp3) is 0.577. The monoisotopic (exact) mass is 469 g/mol. The second kappa shape index (κ2) is 12.0. The van der Waals surface area contributed by atoms with Crippen LogP contribution in [0.5, 0.6) is 0 Å². The Morgan fingerprint density at radius 2 is 1.85 bits per heavy atom. The van der Waals surface area contributed by atoms with Crippen LogP contribution in [0.2, 0.25) is 0 Å². The van der Waals surface area contributed by atoms with Crippen molar-refractivity contribution < 1.29 is 4.79 Å². The Balaban J connectivity index is 1.72. The van der Waals surface area contributed by atoms with Crippen molar-refractivity contribution in [2.24, 2.45) is 11.8 Å². The Hall–Kier alpha value is -2.87. The predicted octanol–water partition coefficient (Wildman–Crippen LogP) is 2.86. The Morgan fingerprint density at radius 3 is 2.47 bits per heavy atom. The van der Waals surface area contributed by atoms with Gasteiger partial charge in [0.25, 0.3) is 5.56 Å². The molecule has 0 radical (unpaired) electrons. The zero-order valence-corrected chi connectivity index (χ0v) is 20.8. The van der Waals surface area contributed by atoms with Crippen LogP contribution in [0.15, 0.2) is 39.9 Å². The number of likely N-dealkylation sites (tertiary alicyclic amines) is 1. The smallest absolute Gasteiger partial charge is 0.330 e. The van der Waals surface area contributed by atoms with Crippen LogP contribution in [0, 0.1) is 11.8 Å². The van der Waals surface area contributed by atoms with Gasteiger partial charge in [0.1, 0.15) is 5.82 Å². The summed E-state index contributed by atoms with van der Waals surface area (Å²) >= 11 is 0. The van der Waals surface area contributed by atoms with E-state index >= 15 is 0 Å². The summed E-state index contributed by atoms with van der Waals surface area (Å²) in [7, 11) is 0. The molecule has 3 N–H and O–H groups in total. The van der Waals surface area contributed by atoms with Gasteiger partial charge in [-0.25, -0.2) is 4.79 Å². The summed E-state index contributed by atoms with van der Waals surface area (Å²) in [5.74, 6) is 0.689. The number of hydrogen-bond acceptors (Lipinski definition) is 5. The SMILES string of the molecule is CCCCN(C(=O)CN1CCC(Cc2ccccc2)CC1)c1c(N)n(CC(C)C)c(=O)[nH]c1=O. The lowest BCUT2D eigenvalue weighted by Crippen LogP contribution is -2.47. The van der Waals surface area contributed by atoms with E-state index in [1.807, 2.05) is 26.8 Å². The molecular weight excluding hydrogens is 430 g/mol. The number of aromatic nitrogens is 2. The number of nitrogens with one attached hydrogen (secondary N) is 1. The minimum atomic E-state index is -0.603. The Kier molecular flexibility index (Phi) is 9.10. The number of rotatable bonds is 10. The lowest BCUT2D eigenvalue weighted by atomic mass is 9.90. The molecule has 2 heterocycles. The van der Waals surface area contributed by atoms with E-state index < -0.39 is 11.2 Å². The van der Waals surface area contributed by atoms with Crippen molar-refractivity contribution in [2.75, 3.05) is 36.8 Å². The van der Waals surface area contributed by atoms with E-state index in [0.717, 1.165) is 45.2 Å². The topological polar surface area (TPSA) is 104 Å². The van der Waals surface area contributed by atoms with E-state index in [0.29, 0.717) is 19.0 Å². The Morgan fingerprint density at radius 1 is 1.18 bits per heavy atom. The number of nitrogens with zero attached hydrogens (tertiary/aromatic N) is 3. The molecule has 0 spiro atoms. The van der Waals surface area contributed by atoms with Gasteiger partial charge in [-0.2, -0.15) is 0 Å². The highest BCUT2D eigenvalue weighted by atomic mass is 16.2. The Labute approximate surface area is 201 Å². The molecule has 1 aliphatic rings. The van der Waals surface area contributed by atoms with Gasteiger partial charge in [-0.1, -0.05) is 57.5 Å². The summed E-state index contributed by atoms with van der Waals surface area (Å²) in [6.07, 6.45) is 4.76. The molecule has 34 heavy (non-hydrogen) atoms. The fourth-order valence-corrected chi connectivity index (χ4v) is 4.63. The van der Waals surface area contributed by atoms with E-state index in [4.69, 9.17) is 5.73 Å². The zero-order valence-electron chi connectivity index (χ0n) is 20.8. The first-order valence-corrected chi connectivity index (χ1v) is 12.5. The van der Waals surface area contributed by atoms with Crippen LogP contribution in [-0.2, 0) is 17.8 Å². The molecule has 1 fully saturated rings. The molecular formula is C26H39N5O3. The molecule has 1 amide bonds. The van der Waals surface area contributed by atoms with Gasteiger partial charge < -0.3 is 10.6 Å². The van der Waals surface area contributed by atoms with Gasteiger partial charge in [-0.05, 0) is 56.2 Å². The van der Waals surface area contributed by atoms with Crippen LogP contribution in [0.1, 0.15) is 52.0 Å². The number of piperidine rings is 1. The van der Waals surface area contributed by atoms with Gasteiger partial charge in [0.2, 0.25) is 5.91 Å². The molecule has 0 atom stereocenters. The molecule has 0 unspecified atom stereocenters. The van der Waals surface area contributed by atoms with Crippen LogP contribution in [-0.4, -0.2) is 46.5 Å². The predicted molar refractivity (Wildman–Crippen MR) is 137 cm³/mol. The van der Waals surface area contributed by atoms with Gasteiger partial charge in [0, 0.05) is 13.1 Å². The van der Waals surface area contributed by atoms with Gasteiger partial charge >= 0.3 is 5.69 Å². The summed E-state index contributed by atoms with van der Waals surface area (Å²) in [5.41, 5.74) is 6.61. The Bertz CT molecular complexity index is 1050. The summed E-state index contributed by atoms with van der Waals surface area (Å²) in [4.78, 5) is 44.5. The molecule has 1 saturated heterocycles. The van der Waals surface area contributed by atoms with Gasteiger partial charge in [0.15, 0.2) is 5.69 Å². The number of H-pyrrole nitrogens is 1. The van der Waals surface area contributed by atoms with E-state index in [-0.39, 0.29) is 29.9 Å². The zero-order chi connectivity index (χ0) is 24.7. The third-order valence-electron chi connectivity index (χ3n) is 6.50. The number of anilines is 2. The van der Waals surface area contributed by atoms with Gasteiger partial charge in [0.05, 0.1) is 6.54 Å². The van der Waals surface area contributed by atoms with Crippen LogP contribution >= 0.6 is 0 Å². The fourth-order valence-electron chi connectivity index (χ4n) is 4.63. The highest BCUT2D eigenvalue weighted by molar-refractivity contribution is 5.96.